The number of aliphatic imine (C=N–C) groups is 1. The van der Waals surface area contributed by atoms with Crippen LogP contribution in [0.3, 0.4) is 0 Å². The summed E-state index contributed by atoms with van der Waals surface area (Å²) in [4.78, 5) is 21.2. The average molecular weight is 377 g/mol. The lowest BCUT2D eigenvalue weighted by Crippen LogP contribution is -2.38. The van der Waals surface area contributed by atoms with Crippen molar-refractivity contribution in [3.05, 3.63) is 40.6 Å². The highest BCUT2D eigenvalue weighted by Crippen LogP contribution is 2.37. The van der Waals surface area contributed by atoms with E-state index < -0.39 is 6.09 Å². The first kappa shape index (κ1) is 17.6. The fourth-order valence-electron chi connectivity index (χ4n) is 2.55. The van der Waals surface area contributed by atoms with Gasteiger partial charge in [0.2, 0.25) is 0 Å². The van der Waals surface area contributed by atoms with Crippen LogP contribution in [0.25, 0.3) is 0 Å². The Morgan fingerprint density at radius 1 is 1.44 bits per heavy atom. The SMILES string of the molecule is CN(CCN1CCSc2ccc(N=C(N)c3cccs3)cc21)C(=O)O. The van der Waals surface area contributed by atoms with Gasteiger partial charge in [-0.1, -0.05) is 6.07 Å². The van der Waals surface area contributed by atoms with E-state index in [1.807, 2.05) is 41.4 Å². The number of rotatable bonds is 5. The molecule has 25 heavy (non-hydrogen) atoms. The molecule has 132 valence electrons. The van der Waals surface area contributed by atoms with Crippen molar-refractivity contribution in [1.29, 1.82) is 0 Å². The second-order valence-corrected chi connectivity index (χ2v) is 7.75. The topological polar surface area (TPSA) is 82.2 Å². The molecular formula is C17H20N4O2S2. The minimum Gasteiger partial charge on any atom is -0.465 e. The molecule has 2 aromatic rings. The average Bonchev–Trinajstić information content (AvgIpc) is 3.14. The van der Waals surface area contributed by atoms with Gasteiger partial charge in [-0.2, -0.15) is 0 Å². The van der Waals surface area contributed by atoms with Crippen LogP contribution in [0.5, 0.6) is 0 Å². The van der Waals surface area contributed by atoms with Crippen LogP contribution in [0.2, 0.25) is 0 Å². The second-order valence-electron chi connectivity index (χ2n) is 5.67. The maximum absolute atomic E-state index is 11.0. The Bertz CT molecular complexity index is 777. The number of benzene rings is 1. The van der Waals surface area contributed by atoms with Crippen LogP contribution in [-0.4, -0.2) is 54.4 Å². The van der Waals surface area contributed by atoms with Gasteiger partial charge in [-0.05, 0) is 29.6 Å². The van der Waals surface area contributed by atoms with E-state index >= 15 is 0 Å². The van der Waals surface area contributed by atoms with Crippen molar-refractivity contribution in [2.45, 2.75) is 4.90 Å². The monoisotopic (exact) mass is 376 g/mol. The number of thiophene rings is 1. The number of hydrogen-bond acceptors (Lipinski definition) is 5. The summed E-state index contributed by atoms with van der Waals surface area (Å²) in [6.45, 7) is 2.01. The first-order valence-electron chi connectivity index (χ1n) is 7.88. The Hall–Kier alpha value is -2.19. The molecule has 0 fully saturated rings. The quantitative estimate of drug-likeness (QED) is 0.618. The lowest BCUT2D eigenvalue weighted by molar-refractivity contribution is 0.157. The summed E-state index contributed by atoms with van der Waals surface area (Å²) in [5, 5.41) is 11.0. The van der Waals surface area contributed by atoms with E-state index in [0.29, 0.717) is 18.9 Å². The molecule has 8 heteroatoms. The number of anilines is 1. The van der Waals surface area contributed by atoms with E-state index in [1.54, 1.807) is 18.4 Å². The van der Waals surface area contributed by atoms with Gasteiger partial charge in [0.25, 0.3) is 0 Å². The van der Waals surface area contributed by atoms with Gasteiger partial charge in [-0.25, -0.2) is 9.79 Å². The smallest absolute Gasteiger partial charge is 0.407 e. The molecule has 0 aliphatic carbocycles. The summed E-state index contributed by atoms with van der Waals surface area (Å²) in [6, 6.07) is 9.97. The number of carbonyl (C=O) groups is 1. The number of hydrogen-bond donors (Lipinski definition) is 2. The highest BCUT2D eigenvalue weighted by molar-refractivity contribution is 7.99. The van der Waals surface area contributed by atoms with E-state index in [2.05, 4.69) is 16.0 Å². The van der Waals surface area contributed by atoms with Crippen LogP contribution in [0.1, 0.15) is 4.88 Å². The Kier molecular flexibility index (Phi) is 5.50. The van der Waals surface area contributed by atoms with Crippen molar-refractivity contribution in [1.82, 2.24) is 4.90 Å². The number of nitrogens with zero attached hydrogens (tertiary/aromatic N) is 3. The zero-order valence-corrected chi connectivity index (χ0v) is 15.5. The highest BCUT2D eigenvalue weighted by atomic mass is 32.2. The first-order chi connectivity index (χ1) is 12.0. The summed E-state index contributed by atoms with van der Waals surface area (Å²) >= 11 is 3.37. The van der Waals surface area contributed by atoms with Crippen LogP contribution >= 0.6 is 23.1 Å². The van der Waals surface area contributed by atoms with Gasteiger partial charge in [0, 0.05) is 37.3 Å². The van der Waals surface area contributed by atoms with Gasteiger partial charge in [0.1, 0.15) is 5.84 Å². The summed E-state index contributed by atoms with van der Waals surface area (Å²) in [5.74, 6) is 1.50. The van der Waals surface area contributed by atoms with Crippen molar-refractivity contribution >= 4 is 46.4 Å². The highest BCUT2D eigenvalue weighted by Gasteiger charge is 2.19. The number of amidine groups is 1. The molecule has 0 atom stereocenters. The van der Waals surface area contributed by atoms with E-state index in [-0.39, 0.29) is 0 Å². The summed E-state index contributed by atoms with van der Waals surface area (Å²) in [5.41, 5.74) is 7.99. The van der Waals surface area contributed by atoms with Crippen LogP contribution in [-0.2, 0) is 0 Å². The third-order valence-electron chi connectivity index (χ3n) is 3.96. The Morgan fingerprint density at radius 3 is 3.00 bits per heavy atom. The molecule has 1 aliphatic rings. The number of thioether (sulfide) groups is 1. The molecule has 1 aliphatic heterocycles. The molecule has 1 aromatic carbocycles. The van der Waals surface area contributed by atoms with Gasteiger partial charge in [-0.15, -0.1) is 23.1 Å². The number of amides is 1. The van der Waals surface area contributed by atoms with Crippen LogP contribution < -0.4 is 10.6 Å². The van der Waals surface area contributed by atoms with Crippen molar-refractivity contribution in [2.75, 3.05) is 37.3 Å². The Labute approximate surface area is 155 Å². The zero-order chi connectivity index (χ0) is 17.8. The lowest BCUT2D eigenvalue weighted by atomic mass is 10.2. The van der Waals surface area contributed by atoms with Gasteiger partial charge in [-0.3, -0.25) is 0 Å². The zero-order valence-electron chi connectivity index (χ0n) is 13.9. The molecular weight excluding hydrogens is 356 g/mol. The summed E-state index contributed by atoms with van der Waals surface area (Å²) < 4.78 is 0. The predicted octanol–water partition coefficient (Wildman–Crippen LogP) is 3.31. The number of nitrogens with two attached hydrogens (primary N) is 1. The van der Waals surface area contributed by atoms with E-state index in [4.69, 9.17) is 10.8 Å². The molecule has 3 rings (SSSR count). The molecule has 0 spiro atoms. The molecule has 3 N–H and O–H groups in total. The maximum Gasteiger partial charge on any atom is 0.407 e. The number of carboxylic acid groups (broad SMARTS) is 1. The van der Waals surface area contributed by atoms with E-state index in [0.717, 1.165) is 28.5 Å². The normalized spacial score (nSPS) is 14.3. The van der Waals surface area contributed by atoms with Crippen LogP contribution in [0, 0.1) is 0 Å². The Morgan fingerprint density at radius 2 is 2.28 bits per heavy atom. The molecule has 0 saturated carbocycles. The summed E-state index contributed by atoms with van der Waals surface area (Å²) in [6.07, 6.45) is -0.909. The molecule has 0 radical (unpaired) electrons. The molecule has 0 saturated heterocycles. The lowest BCUT2D eigenvalue weighted by Gasteiger charge is -2.32. The summed E-state index contributed by atoms with van der Waals surface area (Å²) in [7, 11) is 1.59. The fourth-order valence-corrected chi connectivity index (χ4v) is 4.21. The standard InChI is InChI=1S/C17H20N4O2S2/c1-20(17(22)23)6-7-21-8-10-25-14-5-4-12(11-13(14)21)19-16(18)15-3-2-9-24-15/h2-5,9,11H,6-8,10H2,1H3,(H2,18,19)(H,22,23). The van der Waals surface area contributed by atoms with Gasteiger partial charge in [0.05, 0.1) is 16.3 Å². The predicted molar refractivity (Wildman–Crippen MR) is 105 cm³/mol. The van der Waals surface area contributed by atoms with Gasteiger partial charge >= 0.3 is 6.09 Å². The second kappa shape index (κ2) is 7.79. The fraction of sp³-hybridized carbons (Fsp3) is 0.294. The third-order valence-corrected chi connectivity index (χ3v) is 5.89. The molecule has 2 heterocycles. The molecule has 0 unspecified atom stereocenters. The number of fused-ring (bicyclic) bond motifs is 1. The Balaban J connectivity index is 1.80. The van der Waals surface area contributed by atoms with E-state index in [9.17, 15) is 4.79 Å². The van der Waals surface area contributed by atoms with Crippen molar-refractivity contribution in [3.8, 4) is 0 Å². The van der Waals surface area contributed by atoms with Crippen molar-refractivity contribution in [3.63, 3.8) is 0 Å². The molecule has 6 nitrogen and oxygen atoms in total. The van der Waals surface area contributed by atoms with Crippen molar-refractivity contribution < 1.29 is 9.90 Å². The van der Waals surface area contributed by atoms with Gasteiger partial charge < -0.3 is 20.6 Å². The van der Waals surface area contributed by atoms with Crippen molar-refractivity contribution in [2.24, 2.45) is 10.7 Å². The van der Waals surface area contributed by atoms with E-state index in [1.165, 1.54) is 9.80 Å². The third kappa shape index (κ3) is 4.26. The molecule has 1 aromatic heterocycles. The molecule has 0 bridgehead atoms. The van der Waals surface area contributed by atoms with Gasteiger partial charge in [0.15, 0.2) is 0 Å². The largest absolute Gasteiger partial charge is 0.465 e. The van der Waals surface area contributed by atoms with Crippen LogP contribution in [0.15, 0.2) is 45.6 Å². The minimum atomic E-state index is -0.909. The van der Waals surface area contributed by atoms with Crippen LogP contribution in [0.4, 0.5) is 16.2 Å². The number of likely N-dealkylation sites (N-methyl/N-ethyl adjacent to an activating group) is 1. The molecule has 1 amide bonds. The first-order valence-corrected chi connectivity index (χ1v) is 9.75. The maximum atomic E-state index is 11.0. The minimum absolute atomic E-state index is 0.463.